The molecule has 1 aromatic rings. The second kappa shape index (κ2) is 4.78. The molecule has 0 radical (unpaired) electrons. The third-order valence-corrected chi connectivity index (χ3v) is 2.07. The molecule has 3 N–H and O–H groups in total. The Morgan fingerprint density at radius 2 is 2.29 bits per heavy atom. The quantitative estimate of drug-likeness (QED) is 0.586. The Morgan fingerprint density at radius 1 is 1.57 bits per heavy atom. The van der Waals surface area contributed by atoms with Crippen molar-refractivity contribution in [1.29, 1.82) is 0 Å². The maximum atomic E-state index is 10.7. The van der Waals surface area contributed by atoms with Gasteiger partial charge in [-0.05, 0) is 24.7 Å². The predicted molar refractivity (Wildman–Crippen MR) is 54.6 cm³/mol. The fourth-order valence-electron chi connectivity index (χ4n) is 1.25. The standard InChI is InChI=1S/C9H12BNO3/c1-11-8(10-14)6-3-2-4-7(5-6)9(12)13/h2-5,8,10-11,14H,1H3,(H,12,13)/t8-/m0/s1. The number of hydrogen-bond acceptors (Lipinski definition) is 3. The highest BCUT2D eigenvalue weighted by Crippen LogP contribution is 2.12. The molecule has 14 heavy (non-hydrogen) atoms. The van der Waals surface area contributed by atoms with Gasteiger partial charge in [-0.2, -0.15) is 0 Å². The minimum absolute atomic E-state index is 0.0560. The molecule has 0 heterocycles. The Balaban J connectivity index is 2.98. The normalized spacial score (nSPS) is 12.1. The van der Waals surface area contributed by atoms with Gasteiger partial charge in [0.15, 0.2) is 0 Å². The second-order valence-electron chi connectivity index (χ2n) is 2.95. The molecule has 1 rings (SSSR count). The number of rotatable bonds is 4. The topological polar surface area (TPSA) is 69.6 Å². The lowest BCUT2D eigenvalue weighted by Crippen LogP contribution is -2.22. The summed E-state index contributed by atoms with van der Waals surface area (Å²) in [6.07, 6.45) is 0. The van der Waals surface area contributed by atoms with Gasteiger partial charge in [0.25, 0.3) is 7.48 Å². The van der Waals surface area contributed by atoms with E-state index in [0.717, 1.165) is 5.56 Å². The lowest BCUT2D eigenvalue weighted by molar-refractivity contribution is 0.0696. The molecule has 1 atom stereocenters. The summed E-state index contributed by atoms with van der Waals surface area (Å²) in [7, 11) is 1.66. The van der Waals surface area contributed by atoms with Gasteiger partial charge in [-0.15, -0.1) is 0 Å². The average Bonchev–Trinajstić information content (AvgIpc) is 2.20. The van der Waals surface area contributed by atoms with E-state index in [-0.39, 0.29) is 19.0 Å². The summed E-state index contributed by atoms with van der Waals surface area (Å²) >= 11 is 0. The van der Waals surface area contributed by atoms with E-state index in [1.54, 1.807) is 25.2 Å². The van der Waals surface area contributed by atoms with Crippen molar-refractivity contribution in [3.63, 3.8) is 0 Å². The first kappa shape index (κ1) is 10.8. The minimum Gasteiger partial charge on any atom is -0.478 e. The fourth-order valence-corrected chi connectivity index (χ4v) is 1.25. The Hall–Kier alpha value is -1.33. The van der Waals surface area contributed by atoms with Crippen LogP contribution in [0.4, 0.5) is 0 Å². The maximum absolute atomic E-state index is 10.7. The molecule has 0 amide bonds. The summed E-state index contributed by atoms with van der Waals surface area (Å²) in [5, 5.41) is 20.6. The number of carboxylic acid groups (broad SMARTS) is 1. The Labute approximate surface area is 82.8 Å². The SMILES string of the molecule is CN[C@H](BO)c1cccc(C(=O)O)c1. The van der Waals surface area contributed by atoms with Crippen molar-refractivity contribution in [2.75, 3.05) is 7.05 Å². The van der Waals surface area contributed by atoms with Gasteiger partial charge >= 0.3 is 5.97 Å². The molecule has 1 aromatic carbocycles. The van der Waals surface area contributed by atoms with Crippen LogP contribution < -0.4 is 5.32 Å². The molecule has 74 valence electrons. The molecule has 0 aliphatic heterocycles. The van der Waals surface area contributed by atoms with Gasteiger partial charge in [0, 0.05) is 5.94 Å². The van der Waals surface area contributed by atoms with Crippen LogP contribution in [0.2, 0.25) is 0 Å². The lowest BCUT2D eigenvalue weighted by Gasteiger charge is -2.12. The van der Waals surface area contributed by atoms with Crippen molar-refractivity contribution < 1.29 is 14.9 Å². The third kappa shape index (κ3) is 2.34. The molecule has 0 aromatic heterocycles. The lowest BCUT2D eigenvalue weighted by atomic mass is 9.82. The van der Waals surface area contributed by atoms with Crippen molar-refractivity contribution in [2.24, 2.45) is 0 Å². The van der Waals surface area contributed by atoms with Crippen molar-refractivity contribution in [3.05, 3.63) is 35.4 Å². The van der Waals surface area contributed by atoms with Crippen LogP contribution in [0.5, 0.6) is 0 Å². The van der Waals surface area contributed by atoms with Crippen LogP contribution in [-0.4, -0.2) is 30.6 Å². The molecule has 0 saturated carbocycles. The first-order chi connectivity index (χ1) is 6.69. The first-order valence-electron chi connectivity index (χ1n) is 4.30. The van der Waals surface area contributed by atoms with Crippen LogP contribution in [0.3, 0.4) is 0 Å². The number of carbonyl (C=O) groups is 1. The first-order valence-corrected chi connectivity index (χ1v) is 4.30. The Morgan fingerprint density at radius 3 is 2.79 bits per heavy atom. The zero-order valence-corrected chi connectivity index (χ0v) is 7.90. The van der Waals surface area contributed by atoms with Gasteiger partial charge in [0.05, 0.1) is 5.56 Å². The Bertz CT molecular complexity index is 326. The molecule has 4 nitrogen and oxygen atoms in total. The highest BCUT2D eigenvalue weighted by atomic mass is 16.4. The third-order valence-electron chi connectivity index (χ3n) is 2.07. The highest BCUT2D eigenvalue weighted by Gasteiger charge is 2.11. The zero-order valence-electron chi connectivity index (χ0n) is 7.90. The van der Waals surface area contributed by atoms with E-state index in [2.05, 4.69) is 5.32 Å². The molecular weight excluding hydrogens is 181 g/mol. The van der Waals surface area contributed by atoms with E-state index in [9.17, 15) is 4.79 Å². The fraction of sp³-hybridized carbons (Fsp3) is 0.222. The molecule has 0 fully saturated rings. The molecule has 5 heteroatoms. The number of nitrogens with one attached hydrogen (secondary N) is 1. The van der Waals surface area contributed by atoms with Crippen molar-refractivity contribution in [2.45, 2.75) is 5.94 Å². The van der Waals surface area contributed by atoms with Gasteiger partial charge in [0.1, 0.15) is 0 Å². The molecule has 0 saturated heterocycles. The van der Waals surface area contributed by atoms with Crippen LogP contribution in [0.25, 0.3) is 0 Å². The molecule has 0 spiro atoms. The Kier molecular flexibility index (Phi) is 3.68. The van der Waals surface area contributed by atoms with Crippen LogP contribution in [0.15, 0.2) is 24.3 Å². The van der Waals surface area contributed by atoms with Crippen LogP contribution in [0.1, 0.15) is 21.9 Å². The molecule has 0 aliphatic rings. The molecule has 0 bridgehead atoms. The van der Waals surface area contributed by atoms with E-state index < -0.39 is 5.97 Å². The van der Waals surface area contributed by atoms with Gasteiger partial charge in [0.2, 0.25) is 0 Å². The van der Waals surface area contributed by atoms with E-state index in [1.165, 1.54) is 6.07 Å². The van der Waals surface area contributed by atoms with Crippen LogP contribution >= 0.6 is 0 Å². The van der Waals surface area contributed by atoms with E-state index in [0.29, 0.717) is 0 Å². The number of carboxylic acids is 1. The van der Waals surface area contributed by atoms with Gasteiger partial charge in [-0.25, -0.2) is 4.79 Å². The summed E-state index contributed by atoms with van der Waals surface area (Å²) in [5.74, 6) is -1.17. The molecule has 0 unspecified atom stereocenters. The highest BCUT2D eigenvalue weighted by molar-refractivity contribution is 6.27. The van der Waals surface area contributed by atoms with Crippen molar-refractivity contribution in [3.8, 4) is 0 Å². The number of benzene rings is 1. The summed E-state index contributed by atoms with van der Waals surface area (Å²) in [6.45, 7) is 0. The number of aromatic carboxylic acids is 1. The number of hydrogen-bond donors (Lipinski definition) is 3. The maximum Gasteiger partial charge on any atom is 0.335 e. The largest absolute Gasteiger partial charge is 0.478 e. The molecular formula is C9H12BNO3. The van der Waals surface area contributed by atoms with Crippen LogP contribution in [-0.2, 0) is 0 Å². The van der Waals surface area contributed by atoms with Crippen LogP contribution in [0, 0.1) is 0 Å². The van der Waals surface area contributed by atoms with Crippen molar-refractivity contribution in [1.82, 2.24) is 5.32 Å². The van der Waals surface area contributed by atoms with Crippen molar-refractivity contribution >= 4 is 13.5 Å². The predicted octanol–water partition coefficient (Wildman–Crippen LogP) is -0.0534. The molecule has 0 aliphatic carbocycles. The summed E-state index contributed by atoms with van der Waals surface area (Å²) < 4.78 is 0. The van der Waals surface area contributed by atoms with E-state index in [4.69, 9.17) is 10.1 Å². The zero-order chi connectivity index (χ0) is 10.6. The van der Waals surface area contributed by atoms with E-state index >= 15 is 0 Å². The summed E-state index contributed by atoms with van der Waals surface area (Å²) in [5.41, 5.74) is 1.01. The van der Waals surface area contributed by atoms with Gasteiger partial charge < -0.3 is 15.4 Å². The smallest absolute Gasteiger partial charge is 0.335 e. The van der Waals surface area contributed by atoms with Gasteiger partial charge in [-0.3, -0.25) is 0 Å². The summed E-state index contributed by atoms with van der Waals surface area (Å²) in [6, 6.07) is 6.53. The van der Waals surface area contributed by atoms with E-state index in [1.807, 2.05) is 0 Å². The summed E-state index contributed by atoms with van der Waals surface area (Å²) in [4.78, 5) is 10.7. The van der Waals surface area contributed by atoms with Gasteiger partial charge in [-0.1, -0.05) is 12.1 Å². The minimum atomic E-state index is -0.959. The average molecular weight is 193 g/mol. The monoisotopic (exact) mass is 193 g/mol. The second-order valence-corrected chi connectivity index (χ2v) is 2.95.